The molecular weight excluding hydrogens is 266 g/mol. The second-order valence-electron chi connectivity index (χ2n) is 6.39. The Bertz CT molecular complexity index is 860. The third kappa shape index (κ3) is 2.95. The molecule has 0 atom stereocenters. The molecule has 1 heteroatoms. The number of aromatic nitrogens is 1. The lowest BCUT2D eigenvalue weighted by Crippen LogP contribution is -2.35. The molecule has 1 aromatic carbocycles. The summed E-state index contributed by atoms with van der Waals surface area (Å²) in [5.74, 6) is 0. The molecule has 1 aromatic heterocycles. The summed E-state index contributed by atoms with van der Waals surface area (Å²) in [5, 5.41) is 0. The van der Waals surface area contributed by atoms with Gasteiger partial charge in [-0.15, -0.1) is 0 Å². The molecule has 118 valence electrons. The Balaban J connectivity index is 2.75. The summed E-state index contributed by atoms with van der Waals surface area (Å²) < 4.78 is 49.0. The molecule has 0 N–H and O–H groups in total. The molecule has 0 fully saturated rings. The van der Waals surface area contributed by atoms with Crippen LogP contribution in [0.4, 0.5) is 0 Å². The van der Waals surface area contributed by atoms with Crippen LogP contribution in [-0.4, -0.2) is 0 Å². The Morgan fingerprint density at radius 2 is 1.82 bits per heavy atom. The summed E-state index contributed by atoms with van der Waals surface area (Å²) in [5.41, 5.74) is 3.68. The molecule has 0 aliphatic rings. The highest BCUT2D eigenvalue weighted by Gasteiger charge is 2.28. The fourth-order valence-corrected chi connectivity index (χ4v) is 2.98. The molecule has 1 heterocycles. The van der Waals surface area contributed by atoms with E-state index >= 15 is 0 Å². The summed E-state index contributed by atoms with van der Waals surface area (Å²) >= 11 is 0. The predicted molar refractivity (Wildman–Crippen MR) is 95.2 cm³/mol. The SMILES string of the molecule is [2H]C([2H])([2H])c1ccc(-c2cc(C([2H])([2H])[2H])c(C(C)(CC)CC)c[n+]2C)c(C)c1. The van der Waals surface area contributed by atoms with E-state index in [1.54, 1.807) is 24.3 Å². The van der Waals surface area contributed by atoms with Crippen molar-refractivity contribution >= 4 is 0 Å². The van der Waals surface area contributed by atoms with Crippen molar-refractivity contribution in [3.05, 3.63) is 52.7 Å². The van der Waals surface area contributed by atoms with E-state index in [2.05, 4.69) is 20.8 Å². The van der Waals surface area contributed by atoms with Crippen LogP contribution in [0.5, 0.6) is 0 Å². The lowest BCUT2D eigenvalue weighted by Gasteiger charge is -2.28. The van der Waals surface area contributed by atoms with Gasteiger partial charge >= 0.3 is 0 Å². The van der Waals surface area contributed by atoms with Crippen molar-refractivity contribution in [2.24, 2.45) is 7.05 Å². The summed E-state index contributed by atoms with van der Waals surface area (Å²) in [6, 6.07) is 6.78. The zero-order valence-corrected chi connectivity index (χ0v) is 14.2. The second-order valence-corrected chi connectivity index (χ2v) is 6.39. The van der Waals surface area contributed by atoms with Gasteiger partial charge in [0.1, 0.15) is 7.05 Å². The predicted octanol–water partition coefficient (Wildman–Crippen LogP) is 5.18. The Morgan fingerprint density at radius 1 is 1.09 bits per heavy atom. The first kappa shape index (κ1) is 10.2. The fourth-order valence-electron chi connectivity index (χ4n) is 2.98. The molecule has 0 saturated carbocycles. The van der Waals surface area contributed by atoms with Crippen LogP contribution in [0.1, 0.15) is 64.1 Å². The van der Waals surface area contributed by atoms with Gasteiger partial charge in [-0.3, -0.25) is 0 Å². The molecule has 0 aliphatic carbocycles. The zero-order valence-electron chi connectivity index (χ0n) is 20.2. The van der Waals surface area contributed by atoms with Gasteiger partial charge in [-0.1, -0.05) is 38.5 Å². The van der Waals surface area contributed by atoms with Crippen molar-refractivity contribution in [1.29, 1.82) is 0 Å². The van der Waals surface area contributed by atoms with Crippen molar-refractivity contribution < 1.29 is 12.8 Å². The van der Waals surface area contributed by atoms with Crippen molar-refractivity contribution in [2.45, 2.75) is 59.7 Å². The number of hydrogen-bond acceptors (Lipinski definition) is 0. The first-order chi connectivity index (χ1) is 12.7. The summed E-state index contributed by atoms with van der Waals surface area (Å²) in [7, 11) is 1.91. The summed E-state index contributed by atoms with van der Waals surface area (Å²) in [6.45, 7) is 3.74. The van der Waals surface area contributed by atoms with E-state index in [0.29, 0.717) is 5.56 Å². The molecule has 0 unspecified atom stereocenters. The van der Waals surface area contributed by atoms with Gasteiger partial charge in [0.05, 0.1) is 0 Å². The molecule has 0 radical (unpaired) electrons. The summed E-state index contributed by atoms with van der Waals surface area (Å²) in [6.07, 6.45) is 3.62. The highest BCUT2D eigenvalue weighted by Crippen LogP contribution is 2.34. The normalized spacial score (nSPS) is 17.0. The van der Waals surface area contributed by atoms with E-state index in [0.717, 1.165) is 35.2 Å². The third-order valence-corrected chi connectivity index (χ3v) is 4.99. The Labute approximate surface area is 144 Å². The van der Waals surface area contributed by atoms with E-state index in [9.17, 15) is 0 Å². The van der Waals surface area contributed by atoms with Crippen LogP contribution in [-0.2, 0) is 12.5 Å². The first-order valence-electron chi connectivity index (χ1n) is 10.9. The Hall–Kier alpha value is -1.63. The third-order valence-electron chi connectivity index (χ3n) is 4.99. The monoisotopic (exact) mass is 302 g/mol. The van der Waals surface area contributed by atoms with Crippen LogP contribution in [0.15, 0.2) is 30.5 Å². The molecule has 2 rings (SSSR count). The average Bonchev–Trinajstić information content (AvgIpc) is 2.59. The van der Waals surface area contributed by atoms with Gasteiger partial charge < -0.3 is 0 Å². The molecule has 0 amide bonds. The minimum absolute atomic E-state index is 0.222. The number of nitrogens with zero attached hydrogens (tertiary/aromatic N) is 1. The second kappa shape index (κ2) is 6.24. The van der Waals surface area contributed by atoms with E-state index < -0.39 is 13.7 Å². The first-order valence-corrected chi connectivity index (χ1v) is 7.90. The lowest BCUT2D eigenvalue weighted by atomic mass is 9.76. The number of rotatable bonds is 4. The van der Waals surface area contributed by atoms with E-state index in [-0.39, 0.29) is 11.0 Å². The lowest BCUT2D eigenvalue weighted by molar-refractivity contribution is -0.661. The zero-order chi connectivity index (χ0) is 21.5. The van der Waals surface area contributed by atoms with Gasteiger partial charge in [-0.2, -0.15) is 0 Å². The number of pyridine rings is 1. The molecule has 22 heavy (non-hydrogen) atoms. The van der Waals surface area contributed by atoms with Gasteiger partial charge in [0.25, 0.3) is 0 Å². The molecule has 0 bridgehead atoms. The van der Waals surface area contributed by atoms with Crippen LogP contribution < -0.4 is 4.57 Å². The van der Waals surface area contributed by atoms with Gasteiger partial charge in [0, 0.05) is 25.4 Å². The van der Waals surface area contributed by atoms with E-state index in [1.165, 1.54) is 0 Å². The molecule has 2 aromatic rings. The molecular formula is C21H30N+. The smallest absolute Gasteiger partial charge is 0.201 e. The Kier molecular flexibility index (Phi) is 2.89. The summed E-state index contributed by atoms with van der Waals surface area (Å²) in [4.78, 5) is 0. The van der Waals surface area contributed by atoms with Gasteiger partial charge in [0.15, 0.2) is 6.20 Å². The van der Waals surface area contributed by atoms with Gasteiger partial charge in [-0.05, 0) is 56.1 Å². The number of aryl methyl sites for hydroxylation is 4. The van der Waals surface area contributed by atoms with Crippen LogP contribution in [0.25, 0.3) is 11.3 Å². The Morgan fingerprint density at radius 3 is 2.36 bits per heavy atom. The van der Waals surface area contributed by atoms with E-state index in [1.807, 2.05) is 24.7 Å². The standard InChI is InChI=1S/C21H30N/c1-8-21(6,9-2)19-14-22(7)20(13-17(19)5)18-11-10-15(3)12-16(18)4/h10-14H,8-9H2,1-7H3/q+1/i3D3,5D3. The molecule has 0 aliphatic heterocycles. The maximum absolute atomic E-state index is 8.09. The van der Waals surface area contributed by atoms with Crippen LogP contribution in [0.3, 0.4) is 0 Å². The quantitative estimate of drug-likeness (QED) is 0.685. The van der Waals surface area contributed by atoms with Crippen LogP contribution >= 0.6 is 0 Å². The largest absolute Gasteiger partial charge is 0.212 e. The maximum Gasteiger partial charge on any atom is 0.212 e. The van der Waals surface area contributed by atoms with Crippen LogP contribution in [0.2, 0.25) is 0 Å². The molecule has 0 spiro atoms. The van der Waals surface area contributed by atoms with Crippen LogP contribution in [0, 0.1) is 20.6 Å². The van der Waals surface area contributed by atoms with Gasteiger partial charge in [0.2, 0.25) is 5.69 Å². The van der Waals surface area contributed by atoms with Crippen molar-refractivity contribution in [2.75, 3.05) is 0 Å². The minimum atomic E-state index is -2.23. The van der Waals surface area contributed by atoms with Crippen molar-refractivity contribution in [3.8, 4) is 11.3 Å². The molecule has 0 saturated heterocycles. The van der Waals surface area contributed by atoms with Crippen molar-refractivity contribution in [1.82, 2.24) is 0 Å². The highest BCUT2D eigenvalue weighted by atomic mass is 14.9. The topological polar surface area (TPSA) is 3.88 Å². The van der Waals surface area contributed by atoms with Gasteiger partial charge in [-0.25, -0.2) is 4.57 Å². The number of benzene rings is 1. The fraction of sp³-hybridized carbons (Fsp3) is 0.476. The average molecular weight is 303 g/mol. The van der Waals surface area contributed by atoms with Crippen molar-refractivity contribution in [3.63, 3.8) is 0 Å². The van der Waals surface area contributed by atoms with E-state index in [4.69, 9.17) is 8.22 Å². The maximum atomic E-state index is 8.09. The number of hydrogen-bond donors (Lipinski definition) is 0. The molecule has 1 nitrogen and oxygen atoms in total. The highest BCUT2D eigenvalue weighted by molar-refractivity contribution is 5.62. The minimum Gasteiger partial charge on any atom is -0.201 e.